The Morgan fingerprint density at radius 1 is 0.727 bits per heavy atom. The summed E-state index contributed by atoms with van der Waals surface area (Å²) in [6.45, 7) is -2.21. The van der Waals surface area contributed by atoms with Crippen molar-refractivity contribution in [1.29, 1.82) is 0 Å². The highest BCUT2D eigenvalue weighted by Gasteiger charge is 2.34. The minimum Gasteiger partial charge on any atom is -0.480 e. The monoisotopic (exact) mass is 691 g/mol. The topological polar surface area (TPSA) is 369 Å². The van der Waals surface area contributed by atoms with Gasteiger partial charge in [-0.15, -0.1) is 0 Å². The van der Waals surface area contributed by atoms with Gasteiger partial charge in [-0.05, 0) is 12.8 Å². The van der Waals surface area contributed by atoms with E-state index in [1.165, 1.54) is 0 Å². The maximum absolute atomic E-state index is 12.9. The number of hydrogen-bond acceptors (Lipinski definition) is 14. The van der Waals surface area contributed by atoms with Crippen molar-refractivity contribution in [2.24, 2.45) is 16.6 Å². The van der Waals surface area contributed by atoms with Gasteiger partial charge in [0.1, 0.15) is 37.3 Å². The van der Waals surface area contributed by atoms with E-state index in [1.807, 2.05) is 5.32 Å². The number of aliphatic carboxylic acids is 4. The van der Waals surface area contributed by atoms with Gasteiger partial charge in [0.25, 0.3) is 5.91 Å². The molecule has 0 unspecified atom stereocenters. The molecular weight excluding hydrogens is 658 g/mol. The van der Waals surface area contributed by atoms with E-state index in [0.29, 0.717) is 0 Å². The summed E-state index contributed by atoms with van der Waals surface area (Å²) in [5.41, 5.74) is 10.7. The summed E-state index contributed by atoms with van der Waals surface area (Å²) in [5, 5.41) is 46.9. The van der Waals surface area contributed by atoms with E-state index >= 15 is 0 Å². The average molecular weight is 692 g/mol. The number of carboxylic acids is 4. The van der Waals surface area contributed by atoms with Gasteiger partial charge in [-0.1, -0.05) is 21.6 Å². The highest BCUT2D eigenvalue weighted by Crippen LogP contribution is 2.24. The second kappa shape index (κ2) is 19.5. The number of nitrogens with one attached hydrogen (secondary N) is 3. The molecule has 0 aromatic rings. The molecule has 0 bridgehead atoms. The van der Waals surface area contributed by atoms with Crippen molar-refractivity contribution in [2.45, 2.75) is 49.9 Å². The summed E-state index contributed by atoms with van der Waals surface area (Å²) in [4.78, 5) is 93.7. The minimum atomic E-state index is -4.93. The van der Waals surface area contributed by atoms with Crippen LogP contribution in [0.2, 0.25) is 0 Å². The van der Waals surface area contributed by atoms with Crippen LogP contribution in [0.4, 0.5) is 0 Å². The Morgan fingerprint density at radius 3 is 1.55 bits per heavy atom. The fourth-order valence-electron chi connectivity index (χ4n) is 2.82. The lowest BCUT2D eigenvalue weighted by atomic mass is 10.1. The van der Waals surface area contributed by atoms with Crippen molar-refractivity contribution in [1.82, 2.24) is 20.3 Å². The van der Waals surface area contributed by atoms with Gasteiger partial charge in [0.15, 0.2) is 0 Å². The number of rotatable bonds is 22. The van der Waals surface area contributed by atoms with Crippen molar-refractivity contribution >= 4 is 79.3 Å². The van der Waals surface area contributed by atoms with Gasteiger partial charge in [0.05, 0.1) is 0 Å². The number of amides is 4. The van der Waals surface area contributed by atoms with Crippen LogP contribution in [0.3, 0.4) is 0 Å². The quantitative estimate of drug-likeness (QED) is 0.0375. The van der Waals surface area contributed by atoms with Gasteiger partial charge in [-0.25, -0.2) is 9.44 Å². The standard InChI is InChI=1S/C20H33N7O14S3/c21-9(19(36)37)1-3-13(28)25-11(17(34)24-5-15(30)31)7-42-43-8-12(26-14(29)4-2-10(22)20(38)39)18(35)27(6-16(32)33)44(23,40)41/h9-12H,1-8,21-22H2,(H,24,34)(H,25,28)(H,26,29)(H,30,31)(H,32,33)(H,36,37)(H,38,39)(H2,23,40,41)/t9-,10-,11-,12-/m0/s1. The number of nitrogens with two attached hydrogens (primary N) is 3. The molecule has 0 radical (unpaired) electrons. The lowest BCUT2D eigenvalue weighted by molar-refractivity contribution is -0.142. The van der Waals surface area contributed by atoms with Crippen LogP contribution in [0, 0.1) is 0 Å². The molecule has 4 amide bonds. The Kier molecular flexibility index (Phi) is 17.9. The van der Waals surface area contributed by atoms with Crippen LogP contribution in [-0.2, 0) is 48.6 Å². The molecule has 44 heavy (non-hydrogen) atoms. The molecule has 0 saturated heterocycles. The summed E-state index contributed by atoms with van der Waals surface area (Å²) in [6, 6.07) is -5.95. The van der Waals surface area contributed by atoms with Crippen molar-refractivity contribution in [3.63, 3.8) is 0 Å². The number of nitrogens with zero attached hydrogens (tertiary/aromatic N) is 1. The van der Waals surface area contributed by atoms with E-state index in [-0.39, 0.29) is 22.9 Å². The Bertz CT molecular complexity index is 1200. The molecule has 24 heteroatoms. The molecule has 0 aliphatic heterocycles. The second-order valence-electron chi connectivity index (χ2n) is 8.67. The molecule has 13 N–H and O–H groups in total. The van der Waals surface area contributed by atoms with E-state index in [2.05, 4.69) is 10.6 Å². The van der Waals surface area contributed by atoms with Gasteiger partial charge in [-0.3, -0.25) is 38.4 Å². The molecule has 21 nitrogen and oxygen atoms in total. The van der Waals surface area contributed by atoms with Crippen molar-refractivity contribution in [2.75, 3.05) is 24.6 Å². The van der Waals surface area contributed by atoms with Crippen LogP contribution in [-0.4, -0.2) is 129 Å². The maximum atomic E-state index is 12.9. The largest absolute Gasteiger partial charge is 0.480 e. The van der Waals surface area contributed by atoms with Crippen molar-refractivity contribution in [3.05, 3.63) is 0 Å². The number of carbonyl (C=O) groups excluding carboxylic acids is 4. The van der Waals surface area contributed by atoms with E-state index in [0.717, 1.165) is 21.6 Å². The maximum Gasteiger partial charge on any atom is 0.324 e. The summed E-state index contributed by atoms with van der Waals surface area (Å²) < 4.78 is 23.5. The molecule has 250 valence electrons. The Hall–Kier alpha value is -3.71. The fraction of sp³-hybridized carbons (Fsp3) is 0.600. The zero-order valence-corrected chi connectivity index (χ0v) is 25.2. The lowest BCUT2D eigenvalue weighted by Gasteiger charge is -2.24. The molecule has 0 heterocycles. The normalized spacial score (nSPS) is 13.8. The molecule has 4 atom stereocenters. The Labute approximate surface area is 257 Å². The van der Waals surface area contributed by atoms with Gasteiger partial charge in [-0.2, -0.15) is 8.42 Å². The molecule has 0 aliphatic rings. The minimum absolute atomic E-state index is 0.210. The smallest absolute Gasteiger partial charge is 0.324 e. The number of carboxylic acid groups (broad SMARTS) is 4. The Morgan fingerprint density at radius 2 is 1.16 bits per heavy atom. The molecule has 0 rings (SSSR count). The van der Waals surface area contributed by atoms with Crippen LogP contribution >= 0.6 is 21.6 Å². The molecular formula is C20H33N7O14S3. The molecule has 0 saturated carbocycles. The third-order valence-electron chi connectivity index (χ3n) is 5.08. The highest BCUT2D eigenvalue weighted by atomic mass is 33.1. The number of hydrogen-bond donors (Lipinski definition) is 10. The first-order valence-corrected chi connectivity index (χ1v) is 16.1. The van der Waals surface area contributed by atoms with Crippen LogP contribution in [0.5, 0.6) is 0 Å². The summed E-state index contributed by atoms with van der Waals surface area (Å²) >= 11 is 0. The van der Waals surface area contributed by atoms with Crippen LogP contribution in [0.25, 0.3) is 0 Å². The molecule has 0 aliphatic carbocycles. The van der Waals surface area contributed by atoms with Gasteiger partial charge >= 0.3 is 34.1 Å². The summed E-state index contributed by atoms with van der Waals surface area (Å²) in [7, 11) is -3.42. The zero-order valence-electron chi connectivity index (χ0n) is 22.7. The van der Waals surface area contributed by atoms with Crippen LogP contribution in [0.15, 0.2) is 0 Å². The summed E-state index contributed by atoms with van der Waals surface area (Å²) in [5.74, 6) is -10.9. The SMILES string of the molecule is N[C@@H](CCC(=O)N[C@@H](CSSC[C@H](NC(=O)CC[C@H](N)C(=O)O)C(=O)N(CC(=O)O)S(N)(=O)=O)C(=O)NCC(=O)O)C(=O)O. The first-order valence-electron chi connectivity index (χ1n) is 12.1. The van der Waals surface area contributed by atoms with Crippen molar-refractivity contribution < 1.29 is 67.2 Å². The highest BCUT2D eigenvalue weighted by molar-refractivity contribution is 8.76. The van der Waals surface area contributed by atoms with Crippen LogP contribution in [0.1, 0.15) is 25.7 Å². The molecule has 0 spiro atoms. The lowest BCUT2D eigenvalue weighted by Crippen LogP contribution is -2.54. The Balaban J connectivity index is 5.68. The predicted octanol–water partition coefficient (Wildman–Crippen LogP) is -4.96. The van der Waals surface area contributed by atoms with Gasteiger partial charge in [0.2, 0.25) is 17.7 Å². The fourth-order valence-corrected chi connectivity index (χ4v) is 5.81. The van der Waals surface area contributed by atoms with Crippen LogP contribution < -0.4 is 32.6 Å². The van der Waals surface area contributed by atoms with E-state index in [9.17, 15) is 46.8 Å². The third-order valence-corrected chi connectivity index (χ3v) is 8.43. The van der Waals surface area contributed by atoms with E-state index in [1.54, 1.807) is 0 Å². The average Bonchev–Trinajstić information content (AvgIpc) is 2.91. The van der Waals surface area contributed by atoms with Gasteiger partial charge in [0, 0.05) is 24.3 Å². The van der Waals surface area contributed by atoms with E-state index in [4.69, 9.17) is 37.0 Å². The number of carbonyl (C=O) groups is 8. The second-order valence-corrected chi connectivity index (χ2v) is 12.7. The molecule has 0 aromatic heterocycles. The molecule has 0 fully saturated rings. The molecule has 0 aromatic carbocycles. The van der Waals surface area contributed by atoms with Crippen molar-refractivity contribution in [3.8, 4) is 0 Å². The first kappa shape index (κ1) is 40.3. The van der Waals surface area contributed by atoms with E-state index < -0.39 is 114 Å². The predicted molar refractivity (Wildman–Crippen MR) is 152 cm³/mol. The van der Waals surface area contributed by atoms with Gasteiger partial charge < -0.3 is 47.8 Å². The summed E-state index contributed by atoms with van der Waals surface area (Å²) in [6.07, 6.45) is -1.59. The third kappa shape index (κ3) is 16.8. The first-order chi connectivity index (χ1) is 20.3. The zero-order chi connectivity index (χ0) is 34.2.